The molecule has 3 aliphatic heterocycles. The van der Waals surface area contributed by atoms with Gasteiger partial charge in [-0.25, -0.2) is 24.0 Å². The number of nitrogens with zero attached hydrogens (tertiary/aromatic N) is 2. The Kier molecular flexibility index (Phi) is 20.3. The maximum absolute atomic E-state index is 14.5. The van der Waals surface area contributed by atoms with Crippen LogP contribution in [0.3, 0.4) is 0 Å². The van der Waals surface area contributed by atoms with Crippen molar-refractivity contribution in [1.29, 1.82) is 0 Å². The minimum absolute atomic E-state index is 0.0478. The highest BCUT2D eigenvalue weighted by molar-refractivity contribution is 5.87. The lowest BCUT2D eigenvalue weighted by molar-refractivity contribution is -0.306. The highest BCUT2D eigenvalue weighted by Crippen LogP contribution is 2.40. The number of likely N-dealkylation sites (N-methyl/N-ethyl adjacent to an activating group) is 1. The fourth-order valence-corrected chi connectivity index (χ4v) is 10.3. The molecule has 0 aromatic heterocycles. The number of hydrogen-bond acceptors (Lipinski definition) is 19. The number of carbonyl (C=O) groups is 6. The van der Waals surface area contributed by atoms with Crippen LogP contribution in [0.4, 0.5) is 24.0 Å². The maximum Gasteiger partial charge on any atom is 0.410 e. The molecule has 2 aliphatic carbocycles. The second kappa shape index (κ2) is 24.7. The van der Waals surface area contributed by atoms with Crippen LogP contribution in [-0.2, 0) is 42.7 Å². The Morgan fingerprint density at radius 1 is 0.709 bits per heavy atom. The minimum atomic E-state index is -2.19. The predicted octanol–water partition coefficient (Wildman–Crippen LogP) is 3.67. The maximum atomic E-state index is 14.5. The zero-order valence-corrected chi connectivity index (χ0v) is 49.5. The van der Waals surface area contributed by atoms with Gasteiger partial charge in [0.1, 0.15) is 57.7 Å². The second-order valence-corrected chi connectivity index (χ2v) is 27.0. The number of aliphatic hydroxyl groups excluding tert-OH is 2. The molecule has 3 heterocycles. The van der Waals surface area contributed by atoms with E-state index in [0.717, 1.165) is 4.90 Å². The van der Waals surface area contributed by atoms with Crippen molar-refractivity contribution in [3.05, 3.63) is 11.8 Å². The van der Waals surface area contributed by atoms with Crippen molar-refractivity contribution in [2.75, 3.05) is 39.8 Å². The number of amides is 6. The summed E-state index contributed by atoms with van der Waals surface area (Å²) < 4.78 is 47.3. The first kappa shape index (κ1) is 64.9. The zero-order valence-electron chi connectivity index (χ0n) is 49.5. The average Bonchev–Trinajstić information content (AvgIpc) is 3.65. The number of ether oxygens (including phenoxy) is 8. The molecule has 0 spiro atoms. The van der Waals surface area contributed by atoms with Gasteiger partial charge >= 0.3 is 30.5 Å². The topological polar surface area (TPSA) is 324 Å². The van der Waals surface area contributed by atoms with E-state index < -0.39 is 150 Å². The Hall–Kier alpha value is -4.92. The van der Waals surface area contributed by atoms with Gasteiger partial charge in [-0.15, -0.1) is 0 Å². The van der Waals surface area contributed by atoms with E-state index in [0.29, 0.717) is 25.1 Å². The normalized spacial score (nSPS) is 32.4. The van der Waals surface area contributed by atoms with E-state index in [-0.39, 0.29) is 44.3 Å². The van der Waals surface area contributed by atoms with Gasteiger partial charge in [0.15, 0.2) is 11.9 Å². The highest BCUT2D eigenvalue weighted by atomic mass is 16.7. The van der Waals surface area contributed by atoms with Crippen molar-refractivity contribution in [1.82, 2.24) is 36.4 Å². The average molecular weight is 1130 g/mol. The molecule has 2 saturated carbocycles. The summed E-state index contributed by atoms with van der Waals surface area (Å²) in [5.41, 5.74) is -8.48. The lowest BCUT2D eigenvalue weighted by atomic mass is 9.72. The number of aliphatic hydroxyl groups is 4. The van der Waals surface area contributed by atoms with Crippen LogP contribution in [-0.4, -0.2) is 207 Å². The Labute approximate surface area is 465 Å². The number of rotatable bonds is 13. The van der Waals surface area contributed by atoms with Crippen LogP contribution in [0.25, 0.3) is 0 Å². The highest BCUT2D eigenvalue weighted by Gasteiger charge is 2.58. The van der Waals surface area contributed by atoms with Gasteiger partial charge in [-0.05, 0) is 155 Å². The Bertz CT molecular complexity index is 2190. The first-order chi connectivity index (χ1) is 36.0. The summed E-state index contributed by atoms with van der Waals surface area (Å²) >= 11 is 0. The van der Waals surface area contributed by atoms with Crippen molar-refractivity contribution < 1.29 is 87.1 Å². The van der Waals surface area contributed by atoms with Gasteiger partial charge in [0.05, 0.1) is 43.9 Å². The lowest BCUT2D eigenvalue weighted by Gasteiger charge is -2.52. The molecule has 12 atom stereocenters. The smallest absolute Gasteiger partial charge is 0.410 e. The molecular formula is C54H93N7O18. The third-order valence-electron chi connectivity index (χ3n) is 13.7. The third kappa shape index (κ3) is 18.8. The number of likely N-dealkylation sites (tertiary alicyclic amines) is 1. The van der Waals surface area contributed by atoms with Gasteiger partial charge in [-0.3, -0.25) is 4.79 Å². The number of β-amino-alcohol motifs (C(OH)–C–C–N with tert-alkyl or cyclic N) is 1. The van der Waals surface area contributed by atoms with Crippen LogP contribution in [0.15, 0.2) is 11.8 Å². The van der Waals surface area contributed by atoms with Crippen LogP contribution in [0.2, 0.25) is 0 Å². The van der Waals surface area contributed by atoms with E-state index in [1.165, 1.54) is 18.9 Å². The molecule has 0 radical (unpaired) electrons. The van der Waals surface area contributed by atoms with Crippen molar-refractivity contribution in [3.8, 4) is 0 Å². The molecule has 452 valence electrons. The largest absolute Gasteiger partial charge is 0.491 e. The van der Waals surface area contributed by atoms with E-state index in [2.05, 4.69) is 26.6 Å². The Balaban J connectivity index is 1.52. The molecule has 0 bridgehead atoms. The monoisotopic (exact) mass is 1130 g/mol. The Morgan fingerprint density at radius 2 is 1.24 bits per heavy atom. The van der Waals surface area contributed by atoms with Crippen molar-refractivity contribution >= 4 is 36.4 Å². The van der Waals surface area contributed by atoms with Crippen molar-refractivity contribution in [3.63, 3.8) is 0 Å². The van der Waals surface area contributed by atoms with Crippen LogP contribution < -0.4 is 26.6 Å². The van der Waals surface area contributed by atoms with Crippen molar-refractivity contribution in [2.45, 2.75) is 243 Å². The molecular weight excluding hydrogens is 1030 g/mol. The molecule has 0 aromatic carbocycles. The molecule has 25 heteroatoms. The molecule has 4 fully saturated rings. The Morgan fingerprint density at radius 3 is 1.78 bits per heavy atom. The van der Waals surface area contributed by atoms with Gasteiger partial charge in [0.25, 0.3) is 5.91 Å². The van der Waals surface area contributed by atoms with Crippen LogP contribution >= 0.6 is 0 Å². The second-order valence-electron chi connectivity index (χ2n) is 27.0. The van der Waals surface area contributed by atoms with Crippen LogP contribution in [0, 0.1) is 11.8 Å². The molecule has 5 rings (SSSR count). The number of alkyl carbamates (subject to hydrolysis) is 3. The summed E-state index contributed by atoms with van der Waals surface area (Å²) in [6, 6.07) is -4.97. The van der Waals surface area contributed by atoms with E-state index in [1.807, 2.05) is 0 Å². The summed E-state index contributed by atoms with van der Waals surface area (Å²) in [5, 5.41) is 63.7. The predicted molar refractivity (Wildman–Crippen MR) is 285 cm³/mol. The van der Waals surface area contributed by atoms with E-state index in [9.17, 15) is 49.2 Å². The van der Waals surface area contributed by atoms with Gasteiger partial charge in [-0.2, -0.15) is 0 Å². The standard InChI is InChI=1S/C54H93N7O18/c1-48(2,3)75-43(65)56-30-22-29(23-30)25-55-26-31-18-19-32(58-44(66)76-49(4,5)6)38(73-31)35-33(59-45(67)77-50(7,8)9)24-34(57-42(64)54(71)20-21-61(27-54)47(69)79-52(13,14)15)39(36(35)62)74-41-37(63)40(53(16,70)28-72-41)60(17)46(68)78-51(10,11)12/h18,29-30,32-41,55,62-63,70-71H,19-28H2,1-17H3,(H,56,65)(H,57,64)(H,58,66)(H,59,67)/t29-,30-,32-,33+,34-,35?,36+,37-,38+,39+,40-,41-,53+,54?/m1/s1. The van der Waals surface area contributed by atoms with Gasteiger partial charge < -0.3 is 94.7 Å². The van der Waals surface area contributed by atoms with Crippen molar-refractivity contribution in [2.24, 2.45) is 11.8 Å². The zero-order chi connectivity index (χ0) is 59.6. The molecule has 25 nitrogen and oxygen atoms in total. The van der Waals surface area contributed by atoms with E-state index in [1.54, 1.807) is 110 Å². The van der Waals surface area contributed by atoms with Gasteiger partial charge in [0.2, 0.25) is 0 Å². The first-order valence-electron chi connectivity index (χ1n) is 27.4. The molecule has 79 heavy (non-hydrogen) atoms. The molecule has 5 aliphatic rings. The quantitative estimate of drug-likeness (QED) is 0.119. The fourth-order valence-electron chi connectivity index (χ4n) is 10.3. The molecule has 6 amide bonds. The summed E-state index contributed by atoms with van der Waals surface area (Å²) in [5.74, 6) is -1.60. The molecule has 0 aromatic rings. The summed E-state index contributed by atoms with van der Waals surface area (Å²) in [4.78, 5) is 83.3. The third-order valence-corrected chi connectivity index (χ3v) is 13.7. The van der Waals surface area contributed by atoms with Crippen LogP contribution in [0.1, 0.15) is 143 Å². The SMILES string of the molecule is CN(C(=O)OC(C)(C)C)[C@@H]1[C@@H](O)[C@@H](O[C@H]2[C@H](NC(=O)C3(O)CCN(C(=O)OC(C)(C)C)C3)C[C@H](NC(=O)OC(C)(C)C)C([C@H]3OC(CNC[C@H]4C[C@H](NC(=O)OC(C)(C)C)C4)=CC[C@H]3NC(=O)OC(C)(C)C)[C@@H]2O)OC[C@]1(C)O. The van der Waals surface area contributed by atoms with Gasteiger partial charge in [-0.1, -0.05) is 0 Å². The number of carbonyl (C=O) groups excluding carboxylic acids is 6. The summed E-state index contributed by atoms with van der Waals surface area (Å²) in [6.07, 6.45) is -9.21. The lowest BCUT2D eigenvalue weighted by Crippen LogP contribution is -2.71. The van der Waals surface area contributed by atoms with E-state index >= 15 is 0 Å². The number of nitrogens with one attached hydrogen (secondary N) is 5. The van der Waals surface area contributed by atoms with Crippen LogP contribution in [0.5, 0.6) is 0 Å². The minimum Gasteiger partial charge on any atom is -0.491 e. The molecule has 9 N–H and O–H groups in total. The summed E-state index contributed by atoms with van der Waals surface area (Å²) in [6.45, 7) is 26.5. The van der Waals surface area contributed by atoms with E-state index in [4.69, 9.17) is 37.9 Å². The molecule has 2 saturated heterocycles. The fraction of sp³-hybridized carbons (Fsp3) is 0.852. The van der Waals surface area contributed by atoms with Gasteiger partial charge in [0, 0.05) is 38.0 Å². The summed E-state index contributed by atoms with van der Waals surface area (Å²) in [7, 11) is 1.33. The molecule has 2 unspecified atom stereocenters. The number of hydrogen-bond donors (Lipinski definition) is 9. The first-order valence-corrected chi connectivity index (χ1v) is 27.4.